The van der Waals surface area contributed by atoms with E-state index >= 15 is 0 Å². The summed E-state index contributed by atoms with van der Waals surface area (Å²) in [6.07, 6.45) is 0.478. The molecular weight excluding hydrogens is 379 g/mol. The van der Waals surface area contributed by atoms with Crippen LogP contribution in [0.3, 0.4) is 0 Å². The van der Waals surface area contributed by atoms with E-state index in [-0.39, 0.29) is 18.2 Å². The first-order valence-corrected chi connectivity index (χ1v) is 9.62. The third kappa shape index (κ3) is 4.87. The fraction of sp³-hybridized carbons (Fsp3) is 0.333. The van der Waals surface area contributed by atoms with Crippen molar-refractivity contribution in [2.75, 3.05) is 5.73 Å². The van der Waals surface area contributed by atoms with Crippen molar-refractivity contribution in [3.05, 3.63) is 59.4 Å². The Morgan fingerprint density at radius 1 is 1.23 bits per heavy atom. The maximum Gasteiger partial charge on any atom is 0.216 e. The second-order valence-electron chi connectivity index (χ2n) is 6.92. The Bertz CT molecular complexity index is 886. The molecule has 1 aliphatic rings. The van der Waals surface area contributed by atoms with Crippen molar-refractivity contribution >= 4 is 28.1 Å². The fourth-order valence-electron chi connectivity index (χ4n) is 3.04. The zero-order chi connectivity index (χ0) is 18.2. The van der Waals surface area contributed by atoms with Gasteiger partial charge in [0, 0.05) is 17.7 Å². The first kappa shape index (κ1) is 20.5. The van der Waals surface area contributed by atoms with Gasteiger partial charge in [-0.25, -0.2) is 17.5 Å². The summed E-state index contributed by atoms with van der Waals surface area (Å²) < 4.78 is 46.8. The van der Waals surface area contributed by atoms with Crippen LogP contribution in [0.25, 0.3) is 0 Å². The number of ether oxygens (including phenoxy) is 1. The number of fused-ring (bicyclic) bond motifs is 1. The topological polar surface area (TPSA) is 81.4 Å². The van der Waals surface area contributed by atoms with Crippen molar-refractivity contribution in [3.63, 3.8) is 0 Å². The van der Waals surface area contributed by atoms with Gasteiger partial charge < -0.3 is 10.5 Å². The number of nitrogens with two attached hydrogens (primary N) is 1. The normalized spacial score (nSPS) is 18.3. The predicted molar refractivity (Wildman–Crippen MR) is 102 cm³/mol. The van der Waals surface area contributed by atoms with E-state index in [1.807, 2.05) is 13.8 Å². The van der Waals surface area contributed by atoms with Crippen LogP contribution in [0, 0.1) is 5.82 Å². The van der Waals surface area contributed by atoms with Crippen molar-refractivity contribution in [1.29, 1.82) is 0 Å². The van der Waals surface area contributed by atoms with Gasteiger partial charge in [-0.2, -0.15) is 0 Å². The Hall–Kier alpha value is -1.83. The summed E-state index contributed by atoms with van der Waals surface area (Å²) in [5, 5.41) is 0. The predicted octanol–water partition coefficient (Wildman–Crippen LogP) is 3.55. The summed E-state index contributed by atoms with van der Waals surface area (Å²) in [5.74, 6) is 0.00697. The molecule has 0 saturated heterocycles. The maximum atomic E-state index is 13.0. The summed E-state index contributed by atoms with van der Waals surface area (Å²) in [4.78, 5) is 0. The van der Waals surface area contributed by atoms with E-state index < -0.39 is 27.5 Å². The highest BCUT2D eigenvalue weighted by Gasteiger charge is 2.35. The molecule has 1 atom stereocenters. The third-order valence-corrected chi connectivity index (χ3v) is 5.44. The van der Waals surface area contributed by atoms with Gasteiger partial charge in [0.15, 0.2) is 0 Å². The number of sulfonamides is 1. The number of anilines is 1. The van der Waals surface area contributed by atoms with E-state index in [2.05, 4.69) is 4.72 Å². The summed E-state index contributed by atoms with van der Waals surface area (Å²) in [7, 11) is -3.62. The van der Waals surface area contributed by atoms with E-state index in [1.54, 1.807) is 18.2 Å². The Morgan fingerprint density at radius 3 is 2.54 bits per heavy atom. The number of hydrogen-bond donors (Lipinski definition) is 2. The van der Waals surface area contributed by atoms with Crippen LogP contribution in [0.4, 0.5) is 10.1 Å². The molecule has 1 aliphatic heterocycles. The molecule has 3 N–H and O–H groups in total. The quantitative estimate of drug-likeness (QED) is 0.769. The standard InChI is InChI=1S/C18H21FN2O3S.ClH/c1-18(2)10-16(15-9-14(20)7-8-17(15)24-18)21-25(22,23)11-12-3-5-13(19)6-4-12;/h3-9,16,21H,10-11,20H2,1-2H3;1H. The van der Waals surface area contributed by atoms with Crippen molar-refractivity contribution < 1.29 is 17.5 Å². The molecule has 142 valence electrons. The lowest BCUT2D eigenvalue weighted by molar-refractivity contribution is 0.0702. The molecule has 0 spiro atoms. The molecule has 26 heavy (non-hydrogen) atoms. The average Bonchev–Trinajstić information content (AvgIpc) is 2.49. The molecule has 3 rings (SSSR count). The molecule has 8 heteroatoms. The number of halogens is 2. The number of hydrogen-bond acceptors (Lipinski definition) is 4. The molecular formula is C18H22ClFN2O3S. The summed E-state index contributed by atoms with van der Waals surface area (Å²) in [6, 6.07) is 10.2. The molecule has 0 radical (unpaired) electrons. The Labute approximate surface area is 159 Å². The van der Waals surface area contributed by atoms with Crippen LogP contribution in [0.15, 0.2) is 42.5 Å². The van der Waals surface area contributed by atoms with Crippen LogP contribution in [0.1, 0.15) is 37.4 Å². The minimum Gasteiger partial charge on any atom is -0.487 e. The van der Waals surface area contributed by atoms with Crippen molar-refractivity contribution in [2.24, 2.45) is 0 Å². The monoisotopic (exact) mass is 400 g/mol. The molecule has 1 unspecified atom stereocenters. The number of benzene rings is 2. The molecule has 0 fully saturated rings. The number of rotatable bonds is 4. The van der Waals surface area contributed by atoms with Gasteiger partial charge >= 0.3 is 0 Å². The smallest absolute Gasteiger partial charge is 0.216 e. The van der Waals surface area contributed by atoms with Gasteiger partial charge in [-0.05, 0) is 49.7 Å². The second kappa shape index (κ2) is 7.42. The van der Waals surface area contributed by atoms with Gasteiger partial charge in [0.25, 0.3) is 0 Å². The van der Waals surface area contributed by atoms with Crippen LogP contribution >= 0.6 is 12.4 Å². The minimum absolute atomic E-state index is 0. The third-order valence-electron chi connectivity index (χ3n) is 4.08. The molecule has 0 aromatic heterocycles. The van der Waals surface area contributed by atoms with Crippen LogP contribution in [-0.2, 0) is 15.8 Å². The van der Waals surface area contributed by atoms with Gasteiger partial charge in [0.2, 0.25) is 10.0 Å². The second-order valence-corrected chi connectivity index (χ2v) is 8.67. The zero-order valence-corrected chi connectivity index (χ0v) is 16.2. The van der Waals surface area contributed by atoms with Gasteiger partial charge in [0.1, 0.15) is 17.2 Å². The van der Waals surface area contributed by atoms with Crippen molar-refractivity contribution in [1.82, 2.24) is 4.72 Å². The van der Waals surface area contributed by atoms with Gasteiger partial charge in [0.05, 0.1) is 11.8 Å². The largest absolute Gasteiger partial charge is 0.487 e. The highest BCUT2D eigenvalue weighted by Crippen LogP contribution is 2.40. The summed E-state index contributed by atoms with van der Waals surface area (Å²) >= 11 is 0. The van der Waals surface area contributed by atoms with Gasteiger partial charge in [-0.15, -0.1) is 12.4 Å². The molecule has 1 heterocycles. The van der Waals surface area contributed by atoms with E-state index in [1.165, 1.54) is 24.3 Å². The number of nitrogen functional groups attached to an aromatic ring is 1. The molecule has 0 aliphatic carbocycles. The SMILES string of the molecule is CC1(C)CC(NS(=O)(=O)Cc2ccc(F)cc2)c2cc(N)ccc2O1.Cl. The van der Waals surface area contributed by atoms with Crippen LogP contribution in [0.5, 0.6) is 5.75 Å². The highest BCUT2D eigenvalue weighted by atomic mass is 35.5. The van der Waals surface area contributed by atoms with E-state index in [0.717, 1.165) is 5.56 Å². The van der Waals surface area contributed by atoms with Gasteiger partial charge in [-0.3, -0.25) is 0 Å². The maximum absolute atomic E-state index is 13.0. The number of nitrogens with one attached hydrogen (secondary N) is 1. The van der Waals surface area contributed by atoms with Crippen LogP contribution < -0.4 is 15.2 Å². The van der Waals surface area contributed by atoms with E-state index in [0.29, 0.717) is 23.4 Å². The lowest BCUT2D eigenvalue weighted by atomic mass is 9.90. The van der Waals surface area contributed by atoms with Crippen LogP contribution in [-0.4, -0.2) is 14.0 Å². The molecule has 5 nitrogen and oxygen atoms in total. The molecule has 2 aromatic rings. The molecule has 0 bridgehead atoms. The van der Waals surface area contributed by atoms with E-state index in [9.17, 15) is 12.8 Å². The van der Waals surface area contributed by atoms with E-state index in [4.69, 9.17) is 10.5 Å². The van der Waals surface area contributed by atoms with Crippen molar-refractivity contribution in [2.45, 2.75) is 37.7 Å². The first-order valence-electron chi connectivity index (χ1n) is 7.96. The lowest BCUT2D eigenvalue weighted by Gasteiger charge is -2.37. The fourth-order valence-corrected chi connectivity index (χ4v) is 4.40. The summed E-state index contributed by atoms with van der Waals surface area (Å²) in [5.41, 5.74) is 7.13. The molecule has 2 aromatic carbocycles. The summed E-state index contributed by atoms with van der Waals surface area (Å²) in [6.45, 7) is 3.82. The van der Waals surface area contributed by atoms with Gasteiger partial charge in [-0.1, -0.05) is 12.1 Å². The Kier molecular flexibility index (Phi) is 5.85. The zero-order valence-electron chi connectivity index (χ0n) is 14.5. The molecule has 0 saturated carbocycles. The Balaban J connectivity index is 0.00000243. The highest BCUT2D eigenvalue weighted by molar-refractivity contribution is 7.88. The first-order chi connectivity index (χ1) is 11.6. The minimum atomic E-state index is -3.62. The lowest BCUT2D eigenvalue weighted by Crippen LogP contribution is -2.41. The molecule has 0 amide bonds. The van der Waals surface area contributed by atoms with Crippen LogP contribution in [0.2, 0.25) is 0 Å². The average molecular weight is 401 g/mol. The van der Waals surface area contributed by atoms with Crippen molar-refractivity contribution in [3.8, 4) is 5.75 Å². The Morgan fingerprint density at radius 2 is 1.88 bits per heavy atom.